The molecule has 0 radical (unpaired) electrons. The summed E-state index contributed by atoms with van der Waals surface area (Å²) in [5, 5.41) is 29.7. The molecule has 116 valence electrons. The minimum absolute atomic E-state index is 0.158. The summed E-state index contributed by atoms with van der Waals surface area (Å²) in [6.45, 7) is 0.588. The van der Waals surface area contributed by atoms with Gasteiger partial charge in [0.15, 0.2) is 0 Å². The zero-order valence-corrected chi connectivity index (χ0v) is 11.9. The van der Waals surface area contributed by atoms with E-state index in [4.69, 9.17) is 4.74 Å². The lowest BCUT2D eigenvalue weighted by molar-refractivity contribution is -0.385. The lowest BCUT2D eigenvalue weighted by atomic mass is 10.0. The van der Waals surface area contributed by atoms with Crippen molar-refractivity contribution in [1.29, 1.82) is 0 Å². The molecule has 1 unspecified atom stereocenters. The van der Waals surface area contributed by atoms with Crippen molar-refractivity contribution in [3.05, 3.63) is 39.4 Å². The molecule has 1 atom stereocenters. The molecular formula is C13H18N2O6. The number of nitro benzene ring substituents is 1. The van der Waals surface area contributed by atoms with Gasteiger partial charge in [-0.2, -0.15) is 0 Å². The number of aromatic carboxylic acids is 1. The molecule has 2 N–H and O–H groups in total. The topological polar surface area (TPSA) is 113 Å². The van der Waals surface area contributed by atoms with Crippen LogP contribution in [0.2, 0.25) is 0 Å². The standard InChI is InChI=1S/C13H18N2O6/c1-14(7-10(16)8-21-2)6-9-4-3-5-11(15(19)20)12(9)13(17)18/h3-5,10,16H,6-8H2,1-2H3,(H,17,18). The van der Waals surface area contributed by atoms with Gasteiger partial charge in [-0.05, 0) is 12.6 Å². The maximum atomic E-state index is 11.3. The van der Waals surface area contributed by atoms with Crippen molar-refractivity contribution in [3.8, 4) is 0 Å². The molecule has 1 aromatic rings. The van der Waals surface area contributed by atoms with Gasteiger partial charge in [-0.3, -0.25) is 15.0 Å². The normalized spacial score (nSPS) is 12.4. The van der Waals surface area contributed by atoms with Crippen LogP contribution < -0.4 is 0 Å². The first kappa shape index (κ1) is 17.0. The number of rotatable bonds is 8. The number of likely N-dealkylation sites (N-methyl/N-ethyl adjacent to an activating group) is 1. The smallest absolute Gasteiger partial charge is 0.343 e. The molecule has 8 heteroatoms. The summed E-state index contributed by atoms with van der Waals surface area (Å²) in [5.41, 5.74) is -0.440. The lowest BCUT2D eigenvalue weighted by Crippen LogP contribution is -2.32. The molecule has 0 spiro atoms. The van der Waals surface area contributed by atoms with Gasteiger partial charge in [-0.15, -0.1) is 0 Å². The molecule has 0 bridgehead atoms. The van der Waals surface area contributed by atoms with Gasteiger partial charge in [-0.25, -0.2) is 4.79 Å². The van der Waals surface area contributed by atoms with E-state index in [2.05, 4.69) is 0 Å². The average Bonchev–Trinajstić information content (AvgIpc) is 2.37. The van der Waals surface area contributed by atoms with E-state index < -0.39 is 22.7 Å². The Balaban J connectivity index is 2.95. The number of nitrogens with zero attached hydrogens (tertiary/aromatic N) is 2. The van der Waals surface area contributed by atoms with E-state index >= 15 is 0 Å². The predicted octanol–water partition coefficient (Wildman–Crippen LogP) is 0.732. The van der Waals surface area contributed by atoms with Gasteiger partial charge in [0.25, 0.3) is 5.69 Å². The second kappa shape index (κ2) is 7.67. The van der Waals surface area contributed by atoms with Crippen LogP contribution in [0.4, 0.5) is 5.69 Å². The molecule has 0 aliphatic rings. The number of methoxy groups -OCH3 is 1. The van der Waals surface area contributed by atoms with Gasteiger partial charge >= 0.3 is 5.97 Å². The first-order chi connectivity index (χ1) is 9.86. The number of hydrogen-bond acceptors (Lipinski definition) is 6. The van der Waals surface area contributed by atoms with Crippen LogP contribution in [0.15, 0.2) is 18.2 Å². The van der Waals surface area contributed by atoms with Crippen molar-refractivity contribution in [2.24, 2.45) is 0 Å². The quantitative estimate of drug-likeness (QED) is 0.537. The molecule has 0 saturated heterocycles. The molecule has 0 saturated carbocycles. The third-order valence-corrected chi connectivity index (χ3v) is 2.86. The van der Waals surface area contributed by atoms with Crippen LogP contribution in [-0.2, 0) is 11.3 Å². The van der Waals surface area contributed by atoms with Gasteiger partial charge in [0, 0.05) is 26.3 Å². The summed E-state index contributed by atoms with van der Waals surface area (Å²) < 4.78 is 4.81. The maximum absolute atomic E-state index is 11.3. The summed E-state index contributed by atoms with van der Waals surface area (Å²) in [7, 11) is 3.15. The van der Waals surface area contributed by atoms with Crippen LogP contribution in [0.25, 0.3) is 0 Å². The number of aliphatic hydroxyl groups excluding tert-OH is 1. The Bertz CT molecular complexity index is 519. The van der Waals surface area contributed by atoms with E-state index in [1.54, 1.807) is 11.9 Å². The molecule has 0 amide bonds. The molecular weight excluding hydrogens is 280 g/mol. The third kappa shape index (κ3) is 4.78. The Morgan fingerprint density at radius 2 is 2.19 bits per heavy atom. The Morgan fingerprint density at radius 1 is 1.52 bits per heavy atom. The molecule has 1 aromatic carbocycles. The monoisotopic (exact) mass is 298 g/mol. The van der Waals surface area contributed by atoms with E-state index in [0.717, 1.165) is 6.07 Å². The first-order valence-corrected chi connectivity index (χ1v) is 6.22. The number of nitro groups is 1. The van der Waals surface area contributed by atoms with E-state index in [1.165, 1.54) is 19.2 Å². The highest BCUT2D eigenvalue weighted by Crippen LogP contribution is 2.23. The zero-order chi connectivity index (χ0) is 16.0. The number of hydrogen-bond donors (Lipinski definition) is 2. The first-order valence-electron chi connectivity index (χ1n) is 6.22. The molecule has 0 aliphatic heterocycles. The van der Waals surface area contributed by atoms with E-state index in [0.29, 0.717) is 5.56 Å². The minimum Gasteiger partial charge on any atom is -0.477 e. The number of carbonyl (C=O) groups is 1. The average molecular weight is 298 g/mol. The van der Waals surface area contributed by atoms with E-state index in [1.807, 2.05) is 0 Å². The van der Waals surface area contributed by atoms with E-state index in [-0.39, 0.29) is 25.3 Å². The molecule has 0 heterocycles. The molecule has 0 aliphatic carbocycles. The summed E-state index contributed by atoms with van der Waals surface area (Å²) in [6.07, 6.45) is -0.716. The second-order valence-electron chi connectivity index (χ2n) is 4.68. The number of carboxylic acids is 1. The van der Waals surface area contributed by atoms with Crippen molar-refractivity contribution < 1.29 is 24.7 Å². The van der Waals surface area contributed by atoms with Gasteiger partial charge in [0.1, 0.15) is 5.56 Å². The Hall–Kier alpha value is -2.03. The van der Waals surface area contributed by atoms with Crippen LogP contribution in [0, 0.1) is 10.1 Å². The zero-order valence-electron chi connectivity index (χ0n) is 11.9. The fraction of sp³-hybridized carbons (Fsp3) is 0.462. The fourth-order valence-corrected chi connectivity index (χ4v) is 2.08. The molecule has 8 nitrogen and oxygen atoms in total. The number of benzene rings is 1. The number of carboxylic acid groups (broad SMARTS) is 1. The minimum atomic E-state index is -1.34. The van der Waals surface area contributed by atoms with Crippen molar-refractivity contribution in [3.63, 3.8) is 0 Å². The lowest BCUT2D eigenvalue weighted by Gasteiger charge is -2.20. The molecule has 0 aromatic heterocycles. The molecule has 21 heavy (non-hydrogen) atoms. The van der Waals surface area contributed by atoms with Gasteiger partial charge in [-0.1, -0.05) is 12.1 Å². The van der Waals surface area contributed by atoms with Crippen LogP contribution in [0.1, 0.15) is 15.9 Å². The van der Waals surface area contributed by atoms with Crippen molar-refractivity contribution in [2.75, 3.05) is 27.3 Å². The molecule has 1 rings (SSSR count). The van der Waals surface area contributed by atoms with Crippen LogP contribution in [-0.4, -0.2) is 59.4 Å². The Labute approximate surface area is 121 Å². The highest BCUT2D eigenvalue weighted by molar-refractivity contribution is 5.94. The van der Waals surface area contributed by atoms with Crippen LogP contribution in [0.5, 0.6) is 0 Å². The summed E-state index contributed by atoms with van der Waals surface area (Å²) in [4.78, 5) is 23.1. The third-order valence-electron chi connectivity index (χ3n) is 2.86. The van der Waals surface area contributed by atoms with Crippen molar-refractivity contribution in [2.45, 2.75) is 12.6 Å². The Morgan fingerprint density at radius 3 is 2.71 bits per heavy atom. The van der Waals surface area contributed by atoms with E-state index in [9.17, 15) is 25.1 Å². The summed E-state index contributed by atoms with van der Waals surface area (Å²) in [6, 6.07) is 4.13. The van der Waals surface area contributed by atoms with Crippen molar-refractivity contribution >= 4 is 11.7 Å². The fourth-order valence-electron chi connectivity index (χ4n) is 2.08. The van der Waals surface area contributed by atoms with Crippen molar-refractivity contribution in [1.82, 2.24) is 4.90 Å². The summed E-state index contributed by atoms with van der Waals surface area (Å²) >= 11 is 0. The van der Waals surface area contributed by atoms with Gasteiger partial charge in [0.05, 0.1) is 17.6 Å². The number of ether oxygens (including phenoxy) is 1. The van der Waals surface area contributed by atoms with Gasteiger partial charge < -0.3 is 14.9 Å². The van der Waals surface area contributed by atoms with Gasteiger partial charge in [0.2, 0.25) is 0 Å². The van der Waals surface area contributed by atoms with Crippen LogP contribution >= 0.6 is 0 Å². The number of aliphatic hydroxyl groups is 1. The Kier molecular flexibility index (Phi) is 6.22. The van der Waals surface area contributed by atoms with Crippen LogP contribution in [0.3, 0.4) is 0 Å². The highest BCUT2D eigenvalue weighted by atomic mass is 16.6. The molecule has 0 fully saturated rings. The predicted molar refractivity (Wildman–Crippen MR) is 74.3 cm³/mol. The largest absolute Gasteiger partial charge is 0.477 e. The SMILES string of the molecule is COCC(O)CN(C)Cc1cccc([N+](=O)[O-])c1C(=O)O. The highest BCUT2D eigenvalue weighted by Gasteiger charge is 2.24. The second-order valence-corrected chi connectivity index (χ2v) is 4.68. The summed E-state index contributed by atoms with van der Waals surface area (Å²) in [5.74, 6) is -1.34. The maximum Gasteiger partial charge on any atom is 0.343 e.